The van der Waals surface area contributed by atoms with Gasteiger partial charge in [0.1, 0.15) is 17.2 Å². The summed E-state index contributed by atoms with van der Waals surface area (Å²) in [6.45, 7) is 1.88. The second kappa shape index (κ2) is 3.46. The molecule has 1 heterocycles. The number of nitrogens with zero attached hydrogens (tertiary/aromatic N) is 1. The van der Waals surface area contributed by atoms with Crippen molar-refractivity contribution in [3.8, 4) is 0 Å². The van der Waals surface area contributed by atoms with Gasteiger partial charge in [0.15, 0.2) is 0 Å². The molecule has 4 heteroatoms. The molecule has 0 radical (unpaired) electrons. The van der Waals surface area contributed by atoms with E-state index in [1.807, 2.05) is 6.92 Å². The molecule has 0 fully saturated rings. The maximum Gasteiger partial charge on any atom is 0.149 e. The Labute approximate surface area is 85.7 Å². The number of aryl methyl sites for hydroxylation is 1. The number of hydrogen-bond acceptors (Lipinski definition) is 2. The summed E-state index contributed by atoms with van der Waals surface area (Å²) in [6.07, 6.45) is 0.635. The number of pyridine rings is 1. The Morgan fingerprint density at radius 2 is 1.93 bits per heavy atom. The van der Waals surface area contributed by atoms with E-state index in [-0.39, 0.29) is 16.6 Å². The lowest BCUT2D eigenvalue weighted by Crippen LogP contribution is -1.98. The first kappa shape index (κ1) is 9.83. The number of fused-ring (bicyclic) bond motifs is 1. The Hall–Kier alpha value is -1.71. The zero-order chi connectivity index (χ0) is 11.0. The van der Waals surface area contributed by atoms with Gasteiger partial charge in [-0.3, -0.25) is 0 Å². The second-order valence-corrected chi connectivity index (χ2v) is 3.31. The Balaban J connectivity index is 2.90. The Bertz CT molecular complexity index is 523. The fourth-order valence-corrected chi connectivity index (χ4v) is 1.53. The van der Waals surface area contributed by atoms with Crippen molar-refractivity contribution in [3.63, 3.8) is 0 Å². The second-order valence-electron chi connectivity index (χ2n) is 3.31. The number of nitrogen functional groups attached to an aromatic ring is 1. The highest BCUT2D eigenvalue weighted by Gasteiger charge is 2.11. The average Bonchev–Trinajstić information content (AvgIpc) is 2.23. The van der Waals surface area contributed by atoms with Crippen LogP contribution in [0.4, 0.5) is 14.5 Å². The predicted molar refractivity (Wildman–Crippen MR) is 55.4 cm³/mol. The number of rotatable bonds is 1. The molecule has 0 saturated carbocycles. The largest absolute Gasteiger partial charge is 0.398 e. The number of aromatic nitrogens is 1. The van der Waals surface area contributed by atoms with E-state index in [0.717, 1.165) is 12.1 Å². The van der Waals surface area contributed by atoms with Gasteiger partial charge in [-0.2, -0.15) is 0 Å². The number of halogens is 2. The van der Waals surface area contributed by atoms with Gasteiger partial charge in [-0.1, -0.05) is 6.92 Å². The summed E-state index contributed by atoms with van der Waals surface area (Å²) >= 11 is 0. The van der Waals surface area contributed by atoms with Crippen molar-refractivity contribution >= 4 is 16.6 Å². The van der Waals surface area contributed by atoms with Gasteiger partial charge in [0.25, 0.3) is 0 Å². The average molecular weight is 208 g/mol. The van der Waals surface area contributed by atoms with E-state index in [2.05, 4.69) is 4.98 Å². The summed E-state index contributed by atoms with van der Waals surface area (Å²) in [6, 6.07) is 3.69. The molecule has 2 rings (SSSR count). The van der Waals surface area contributed by atoms with Gasteiger partial charge in [-0.15, -0.1) is 0 Å². The minimum Gasteiger partial charge on any atom is -0.398 e. The molecule has 2 nitrogen and oxygen atoms in total. The van der Waals surface area contributed by atoms with Crippen molar-refractivity contribution < 1.29 is 8.78 Å². The maximum atomic E-state index is 13.4. The van der Waals surface area contributed by atoms with Crippen molar-refractivity contribution in [1.82, 2.24) is 4.98 Å². The van der Waals surface area contributed by atoms with E-state index in [1.165, 1.54) is 0 Å². The lowest BCUT2D eigenvalue weighted by atomic mass is 10.1. The third kappa shape index (κ3) is 1.52. The number of anilines is 1. The first-order valence-electron chi connectivity index (χ1n) is 4.66. The molecule has 0 spiro atoms. The van der Waals surface area contributed by atoms with Gasteiger partial charge < -0.3 is 5.73 Å². The van der Waals surface area contributed by atoms with Gasteiger partial charge in [-0.05, 0) is 24.6 Å². The topological polar surface area (TPSA) is 38.9 Å². The summed E-state index contributed by atoms with van der Waals surface area (Å²) in [5.41, 5.74) is 6.55. The molecule has 0 bridgehead atoms. The molecule has 0 aliphatic heterocycles. The quantitative estimate of drug-likeness (QED) is 0.782. The molecular formula is C11H10F2N2. The van der Waals surface area contributed by atoms with Crippen LogP contribution in [0.3, 0.4) is 0 Å². The van der Waals surface area contributed by atoms with Crippen molar-refractivity contribution in [3.05, 3.63) is 35.5 Å². The molecule has 2 aromatic rings. The maximum absolute atomic E-state index is 13.4. The zero-order valence-electron chi connectivity index (χ0n) is 8.22. The van der Waals surface area contributed by atoms with Crippen LogP contribution in [-0.4, -0.2) is 4.98 Å². The minimum atomic E-state index is -0.548. The van der Waals surface area contributed by atoms with Crippen LogP contribution >= 0.6 is 0 Å². The summed E-state index contributed by atoms with van der Waals surface area (Å²) in [5.74, 6) is -1.09. The van der Waals surface area contributed by atoms with Gasteiger partial charge in [0.05, 0.1) is 5.39 Å². The highest BCUT2D eigenvalue weighted by atomic mass is 19.1. The van der Waals surface area contributed by atoms with E-state index in [0.29, 0.717) is 12.1 Å². The van der Waals surface area contributed by atoms with Crippen LogP contribution in [0, 0.1) is 11.6 Å². The first-order valence-corrected chi connectivity index (χ1v) is 4.66. The van der Waals surface area contributed by atoms with E-state index < -0.39 is 11.6 Å². The monoisotopic (exact) mass is 208 g/mol. The first-order chi connectivity index (χ1) is 7.13. The molecule has 0 aliphatic carbocycles. The molecule has 1 aromatic heterocycles. The van der Waals surface area contributed by atoms with Crippen LogP contribution in [0.1, 0.15) is 12.6 Å². The third-order valence-electron chi connectivity index (χ3n) is 2.31. The summed E-state index contributed by atoms with van der Waals surface area (Å²) in [4.78, 5) is 4.02. The lowest BCUT2D eigenvalue weighted by Gasteiger charge is -2.06. The highest BCUT2D eigenvalue weighted by molar-refractivity contribution is 5.91. The van der Waals surface area contributed by atoms with E-state index in [4.69, 9.17) is 5.73 Å². The molecule has 0 amide bonds. The molecule has 2 N–H and O–H groups in total. The molecule has 0 aliphatic rings. The Kier molecular flexibility index (Phi) is 2.26. The lowest BCUT2D eigenvalue weighted by molar-refractivity contribution is 0.615. The molecule has 1 aromatic carbocycles. The van der Waals surface area contributed by atoms with E-state index in [1.54, 1.807) is 6.07 Å². The number of hydrogen-bond donors (Lipinski definition) is 1. The van der Waals surface area contributed by atoms with Crippen molar-refractivity contribution in [2.45, 2.75) is 13.3 Å². The molecule has 15 heavy (non-hydrogen) atoms. The van der Waals surface area contributed by atoms with Crippen molar-refractivity contribution in [2.75, 3.05) is 5.73 Å². The third-order valence-corrected chi connectivity index (χ3v) is 2.31. The van der Waals surface area contributed by atoms with Crippen molar-refractivity contribution in [1.29, 1.82) is 0 Å². The fourth-order valence-electron chi connectivity index (χ4n) is 1.53. The van der Waals surface area contributed by atoms with Gasteiger partial charge in [0, 0.05) is 11.4 Å². The SMILES string of the molecule is CCc1cc(N)c2c(F)ccc(F)c2n1. The molecule has 0 saturated heterocycles. The van der Waals surface area contributed by atoms with Gasteiger partial charge in [-0.25, -0.2) is 13.8 Å². The standard InChI is InChI=1S/C11H10F2N2/c1-2-6-5-9(14)10-7(12)3-4-8(13)11(10)15-6/h3-5H,2H2,1H3,(H2,14,15). The summed E-state index contributed by atoms with van der Waals surface area (Å²) < 4.78 is 26.8. The van der Waals surface area contributed by atoms with Gasteiger partial charge in [0.2, 0.25) is 0 Å². The van der Waals surface area contributed by atoms with Crippen LogP contribution in [0.5, 0.6) is 0 Å². The normalized spacial score (nSPS) is 10.9. The molecule has 0 unspecified atom stereocenters. The highest BCUT2D eigenvalue weighted by Crippen LogP contribution is 2.25. The molecular weight excluding hydrogens is 198 g/mol. The molecule has 0 atom stereocenters. The van der Waals surface area contributed by atoms with Crippen molar-refractivity contribution in [2.24, 2.45) is 0 Å². The van der Waals surface area contributed by atoms with E-state index >= 15 is 0 Å². The van der Waals surface area contributed by atoms with Crippen LogP contribution in [-0.2, 0) is 6.42 Å². The molecule has 78 valence electrons. The van der Waals surface area contributed by atoms with Crippen LogP contribution in [0.2, 0.25) is 0 Å². The summed E-state index contributed by atoms with van der Waals surface area (Å²) in [7, 11) is 0. The van der Waals surface area contributed by atoms with Crippen LogP contribution < -0.4 is 5.73 Å². The zero-order valence-corrected chi connectivity index (χ0v) is 8.22. The Morgan fingerprint density at radius 3 is 2.60 bits per heavy atom. The fraction of sp³-hybridized carbons (Fsp3) is 0.182. The van der Waals surface area contributed by atoms with Crippen LogP contribution in [0.25, 0.3) is 10.9 Å². The minimum absolute atomic E-state index is 0.00634. The smallest absolute Gasteiger partial charge is 0.149 e. The number of benzene rings is 1. The predicted octanol–water partition coefficient (Wildman–Crippen LogP) is 2.66. The number of nitrogens with two attached hydrogens (primary N) is 1. The Morgan fingerprint density at radius 1 is 1.27 bits per heavy atom. The van der Waals surface area contributed by atoms with E-state index in [9.17, 15) is 8.78 Å². The van der Waals surface area contributed by atoms with Gasteiger partial charge >= 0.3 is 0 Å². The summed E-state index contributed by atoms with van der Waals surface area (Å²) in [5, 5.41) is 0.0622. The van der Waals surface area contributed by atoms with Crippen LogP contribution in [0.15, 0.2) is 18.2 Å².